The Morgan fingerprint density at radius 1 is 1.56 bits per heavy atom. The monoisotopic (exact) mass is 245 g/mol. The van der Waals surface area contributed by atoms with Crippen LogP contribution in [0.4, 0.5) is 0 Å². The molecule has 16 heavy (non-hydrogen) atoms. The van der Waals surface area contributed by atoms with E-state index in [4.69, 9.17) is 5.73 Å². The molecule has 92 valence electrons. The lowest BCUT2D eigenvalue weighted by Crippen LogP contribution is -2.51. The van der Waals surface area contributed by atoms with Crippen LogP contribution in [0.15, 0.2) is 0 Å². The van der Waals surface area contributed by atoms with Crippen molar-refractivity contribution >= 4 is 23.5 Å². The third-order valence-electron chi connectivity index (χ3n) is 2.45. The van der Waals surface area contributed by atoms with Gasteiger partial charge < -0.3 is 11.1 Å². The summed E-state index contributed by atoms with van der Waals surface area (Å²) in [5, 5.41) is 5.60. The second-order valence-corrected chi connectivity index (χ2v) is 5.31. The average molecular weight is 245 g/mol. The van der Waals surface area contributed by atoms with Crippen molar-refractivity contribution in [3.8, 4) is 0 Å². The Balaban J connectivity index is 2.61. The number of nitrogens with two attached hydrogens (primary N) is 1. The molecule has 4 N–H and O–H groups in total. The molecular weight excluding hydrogens is 226 g/mol. The van der Waals surface area contributed by atoms with E-state index in [0.717, 1.165) is 12.3 Å². The smallest absolute Gasteiger partial charge is 0.234 e. The van der Waals surface area contributed by atoms with E-state index in [1.54, 1.807) is 11.8 Å². The van der Waals surface area contributed by atoms with E-state index in [2.05, 4.69) is 10.6 Å². The van der Waals surface area contributed by atoms with Gasteiger partial charge in [-0.3, -0.25) is 14.9 Å². The van der Waals surface area contributed by atoms with Gasteiger partial charge >= 0.3 is 0 Å². The Labute approximate surface area is 99.9 Å². The molecule has 0 aromatic rings. The van der Waals surface area contributed by atoms with Gasteiger partial charge in [0.1, 0.15) is 5.37 Å². The van der Waals surface area contributed by atoms with Gasteiger partial charge in [0.15, 0.2) is 5.78 Å². The Kier molecular flexibility index (Phi) is 5.24. The predicted octanol–water partition coefficient (Wildman–Crippen LogP) is -0.682. The van der Waals surface area contributed by atoms with Crippen molar-refractivity contribution in [3.63, 3.8) is 0 Å². The van der Waals surface area contributed by atoms with Gasteiger partial charge in [-0.15, -0.1) is 11.8 Å². The Hall–Kier alpha value is -0.590. The van der Waals surface area contributed by atoms with Crippen LogP contribution in [0.2, 0.25) is 0 Å². The molecule has 0 aromatic carbocycles. The molecule has 0 radical (unpaired) electrons. The number of thioether (sulfide) groups is 1. The molecule has 5 nitrogen and oxygen atoms in total. The molecule has 1 saturated heterocycles. The van der Waals surface area contributed by atoms with Crippen LogP contribution >= 0.6 is 11.8 Å². The molecule has 1 heterocycles. The number of carbonyl (C=O) groups is 2. The fourth-order valence-corrected chi connectivity index (χ4v) is 2.59. The fraction of sp³-hybridized carbons (Fsp3) is 0.800. The maximum absolute atomic E-state index is 12.1. The minimum absolute atomic E-state index is 0.0410. The molecule has 1 fully saturated rings. The van der Waals surface area contributed by atoms with Crippen molar-refractivity contribution in [2.24, 2.45) is 11.7 Å². The van der Waals surface area contributed by atoms with Gasteiger partial charge in [-0.25, -0.2) is 0 Å². The molecule has 2 unspecified atom stereocenters. The molecule has 0 aliphatic carbocycles. The highest BCUT2D eigenvalue weighted by Gasteiger charge is 2.32. The number of rotatable bonds is 5. The van der Waals surface area contributed by atoms with Gasteiger partial charge in [0.05, 0.1) is 12.6 Å². The molecule has 0 saturated carbocycles. The van der Waals surface area contributed by atoms with E-state index in [-0.39, 0.29) is 29.5 Å². The van der Waals surface area contributed by atoms with Crippen LogP contribution in [0.5, 0.6) is 0 Å². The molecule has 1 aliphatic heterocycles. The first kappa shape index (κ1) is 13.5. The first-order valence-electron chi connectivity index (χ1n) is 5.44. The van der Waals surface area contributed by atoms with Gasteiger partial charge in [-0.2, -0.15) is 0 Å². The number of carbonyl (C=O) groups excluding carboxylic acids is 2. The Morgan fingerprint density at radius 3 is 2.69 bits per heavy atom. The maximum Gasteiger partial charge on any atom is 0.234 e. The molecule has 1 amide bonds. The van der Waals surface area contributed by atoms with Crippen LogP contribution < -0.4 is 16.4 Å². The quantitative estimate of drug-likeness (QED) is 0.597. The highest BCUT2D eigenvalue weighted by molar-refractivity contribution is 8.00. The SMILES string of the molecule is CC(C)C(NC(=O)CN)C(=O)C1NCCS1. The van der Waals surface area contributed by atoms with Crippen LogP contribution in [0, 0.1) is 5.92 Å². The zero-order valence-corrected chi connectivity index (χ0v) is 10.5. The van der Waals surface area contributed by atoms with E-state index in [9.17, 15) is 9.59 Å². The van der Waals surface area contributed by atoms with Gasteiger partial charge in [-0.1, -0.05) is 13.8 Å². The first-order chi connectivity index (χ1) is 7.56. The average Bonchev–Trinajstić information content (AvgIpc) is 2.77. The number of hydrogen-bond acceptors (Lipinski definition) is 5. The minimum atomic E-state index is -0.445. The van der Waals surface area contributed by atoms with Crippen molar-refractivity contribution in [2.45, 2.75) is 25.3 Å². The summed E-state index contributed by atoms with van der Waals surface area (Å²) in [5.74, 6) is 0.770. The van der Waals surface area contributed by atoms with Crippen molar-refractivity contribution in [1.29, 1.82) is 0 Å². The molecule has 2 atom stereocenters. The summed E-state index contributed by atoms with van der Waals surface area (Å²) in [7, 11) is 0. The minimum Gasteiger partial charge on any atom is -0.345 e. The summed E-state index contributed by atoms with van der Waals surface area (Å²) >= 11 is 1.59. The highest BCUT2D eigenvalue weighted by atomic mass is 32.2. The largest absolute Gasteiger partial charge is 0.345 e. The van der Waals surface area contributed by atoms with Crippen LogP contribution in [0.3, 0.4) is 0 Å². The third kappa shape index (κ3) is 3.47. The molecule has 6 heteroatoms. The van der Waals surface area contributed by atoms with Gasteiger partial charge in [0.25, 0.3) is 0 Å². The second kappa shape index (κ2) is 6.22. The van der Waals surface area contributed by atoms with E-state index < -0.39 is 6.04 Å². The molecule has 1 aliphatic rings. The molecular formula is C10H19N3O2S. The second-order valence-electron chi connectivity index (χ2n) is 4.10. The molecule has 0 bridgehead atoms. The van der Waals surface area contributed by atoms with E-state index in [1.165, 1.54) is 0 Å². The topological polar surface area (TPSA) is 84.2 Å². The van der Waals surface area contributed by atoms with E-state index in [0.29, 0.717) is 0 Å². The van der Waals surface area contributed by atoms with Crippen LogP contribution in [-0.2, 0) is 9.59 Å². The van der Waals surface area contributed by atoms with Crippen LogP contribution in [-0.4, -0.2) is 41.9 Å². The van der Waals surface area contributed by atoms with E-state index >= 15 is 0 Å². The highest BCUT2D eigenvalue weighted by Crippen LogP contribution is 2.18. The summed E-state index contributed by atoms with van der Waals surface area (Å²) in [6, 6.07) is -0.445. The summed E-state index contributed by atoms with van der Waals surface area (Å²) in [6.45, 7) is 4.59. The van der Waals surface area contributed by atoms with Crippen molar-refractivity contribution in [1.82, 2.24) is 10.6 Å². The van der Waals surface area contributed by atoms with Crippen LogP contribution in [0.25, 0.3) is 0 Å². The first-order valence-corrected chi connectivity index (χ1v) is 6.49. The third-order valence-corrected chi connectivity index (χ3v) is 3.62. The number of nitrogens with one attached hydrogen (secondary N) is 2. The zero-order chi connectivity index (χ0) is 12.1. The normalized spacial score (nSPS) is 22.1. The van der Waals surface area contributed by atoms with Crippen molar-refractivity contribution < 1.29 is 9.59 Å². The van der Waals surface area contributed by atoms with Crippen LogP contribution in [0.1, 0.15) is 13.8 Å². The number of hydrogen-bond donors (Lipinski definition) is 3. The summed E-state index contributed by atoms with van der Waals surface area (Å²) < 4.78 is 0. The lowest BCUT2D eigenvalue weighted by molar-refractivity contribution is -0.128. The number of Topliss-reactive ketones (excluding diaryl/α,β-unsaturated/α-hetero) is 1. The van der Waals surface area contributed by atoms with Gasteiger partial charge in [0, 0.05) is 12.3 Å². The summed E-state index contributed by atoms with van der Waals surface area (Å²) in [6.07, 6.45) is 0. The Bertz CT molecular complexity index is 265. The molecule has 1 rings (SSSR count). The maximum atomic E-state index is 12.1. The fourth-order valence-electron chi connectivity index (χ4n) is 1.57. The molecule has 0 aromatic heterocycles. The standard InChI is InChI=1S/C10H19N3O2S/c1-6(2)8(13-7(14)5-11)9(15)10-12-3-4-16-10/h6,8,10,12H,3-5,11H2,1-2H3,(H,13,14). The summed E-state index contributed by atoms with van der Waals surface area (Å²) in [4.78, 5) is 23.3. The van der Waals surface area contributed by atoms with E-state index in [1.807, 2.05) is 13.8 Å². The lowest BCUT2D eigenvalue weighted by Gasteiger charge is -2.23. The molecule has 0 spiro atoms. The summed E-state index contributed by atoms with van der Waals surface area (Å²) in [5.41, 5.74) is 5.23. The number of ketones is 1. The number of amides is 1. The predicted molar refractivity (Wildman–Crippen MR) is 65.1 cm³/mol. The van der Waals surface area contributed by atoms with Gasteiger partial charge in [-0.05, 0) is 5.92 Å². The van der Waals surface area contributed by atoms with Gasteiger partial charge in [0.2, 0.25) is 5.91 Å². The zero-order valence-electron chi connectivity index (χ0n) is 9.66. The van der Waals surface area contributed by atoms with Crippen molar-refractivity contribution in [2.75, 3.05) is 18.8 Å². The lowest BCUT2D eigenvalue weighted by atomic mass is 9.99. The Morgan fingerprint density at radius 2 is 2.25 bits per heavy atom. The van der Waals surface area contributed by atoms with Crippen molar-refractivity contribution in [3.05, 3.63) is 0 Å².